The van der Waals surface area contributed by atoms with Crippen molar-refractivity contribution in [3.63, 3.8) is 0 Å². The molecule has 0 spiro atoms. The van der Waals surface area contributed by atoms with Gasteiger partial charge in [-0.25, -0.2) is 13.4 Å². The van der Waals surface area contributed by atoms with Gasteiger partial charge in [-0.3, -0.25) is 4.98 Å². The molecule has 0 saturated carbocycles. The van der Waals surface area contributed by atoms with E-state index in [0.29, 0.717) is 25.4 Å². The van der Waals surface area contributed by atoms with Crippen LogP contribution in [-0.2, 0) is 9.84 Å². The first kappa shape index (κ1) is 17.2. The zero-order valence-corrected chi connectivity index (χ0v) is 14.7. The quantitative estimate of drug-likeness (QED) is 0.655. The zero-order chi connectivity index (χ0) is 17.7. The maximum Gasteiger partial charge on any atom is 0.179 e. The highest BCUT2D eigenvalue weighted by atomic mass is 32.2. The largest absolute Gasteiger partial charge is 0.491 e. The van der Waals surface area contributed by atoms with Crippen LogP contribution in [0.3, 0.4) is 0 Å². The Morgan fingerprint density at radius 3 is 2.64 bits per heavy atom. The number of pyridine rings is 2. The summed E-state index contributed by atoms with van der Waals surface area (Å²) in [7, 11) is -3.31. The number of aromatic nitrogens is 2. The monoisotopic (exact) mass is 357 g/mol. The number of benzene rings is 1. The lowest BCUT2D eigenvalue weighted by atomic mass is 10.2. The molecule has 1 N–H and O–H groups in total. The minimum absolute atomic E-state index is 0.203. The number of fused-ring (bicyclic) bond motifs is 1. The second-order valence-electron chi connectivity index (χ2n) is 5.58. The molecule has 6 nitrogen and oxygen atoms in total. The number of hydrogen-bond acceptors (Lipinski definition) is 6. The van der Waals surface area contributed by atoms with Crippen molar-refractivity contribution in [2.24, 2.45) is 0 Å². The number of nitrogens with one attached hydrogen (secondary N) is 1. The number of nitrogens with zero attached hydrogens (tertiary/aromatic N) is 2. The first-order chi connectivity index (χ1) is 12.1. The van der Waals surface area contributed by atoms with Gasteiger partial charge in [-0.15, -0.1) is 0 Å². The number of sulfone groups is 1. The van der Waals surface area contributed by atoms with E-state index in [1.165, 1.54) is 6.26 Å². The van der Waals surface area contributed by atoms with Gasteiger partial charge in [-0.1, -0.05) is 18.2 Å². The first-order valence-corrected chi connectivity index (χ1v) is 9.80. The van der Waals surface area contributed by atoms with E-state index in [1.807, 2.05) is 30.3 Å². The van der Waals surface area contributed by atoms with Crippen LogP contribution in [0, 0.1) is 0 Å². The van der Waals surface area contributed by atoms with Crippen molar-refractivity contribution < 1.29 is 13.2 Å². The fourth-order valence-corrected chi connectivity index (χ4v) is 3.28. The molecule has 0 bridgehead atoms. The second-order valence-corrected chi connectivity index (χ2v) is 7.57. The molecule has 0 radical (unpaired) electrons. The summed E-state index contributed by atoms with van der Waals surface area (Å²) < 4.78 is 29.3. The predicted molar refractivity (Wildman–Crippen MR) is 97.7 cm³/mol. The van der Waals surface area contributed by atoms with Crippen LogP contribution in [0.5, 0.6) is 5.75 Å². The van der Waals surface area contributed by atoms with E-state index < -0.39 is 9.84 Å². The van der Waals surface area contributed by atoms with Gasteiger partial charge >= 0.3 is 0 Å². The lowest BCUT2D eigenvalue weighted by molar-refractivity contribution is 0.318. The Hall–Kier alpha value is -2.67. The molecule has 1 aromatic carbocycles. The van der Waals surface area contributed by atoms with Crippen LogP contribution in [0.15, 0.2) is 59.8 Å². The molecule has 2 heterocycles. The van der Waals surface area contributed by atoms with Gasteiger partial charge in [0.05, 0.1) is 6.61 Å². The summed E-state index contributed by atoms with van der Waals surface area (Å²) in [6.45, 7) is 1.04. The molecule has 7 heteroatoms. The highest BCUT2D eigenvalue weighted by Crippen LogP contribution is 2.23. The van der Waals surface area contributed by atoms with E-state index >= 15 is 0 Å². The van der Waals surface area contributed by atoms with Crippen LogP contribution < -0.4 is 10.1 Å². The summed E-state index contributed by atoms with van der Waals surface area (Å²) in [5.74, 6) is 1.12. The van der Waals surface area contributed by atoms with Gasteiger partial charge in [-0.05, 0) is 30.7 Å². The average molecular weight is 357 g/mol. The van der Waals surface area contributed by atoms with Crippen molar-refractivity contribution in [3.8, 4) is 5.75 Å². The smallest absolute Gasteiger partial charge is 0.179 e. The molecule has 0 aliphatic heterocycles. The lowest BCUT2D eigenvalue weighted by Gasteiger charge is -2.11. The van der Waals surface area contributed by atoms with E-state index in [9.17, 15) is 8.42 Å². The number of rotatable bonds is 7. The van der Waals surface area contributed by atoms with Gasteiger partial charge < -0.3 is 10.1 Å². The summed E-state index contributed by atoms with van der Waals surface area (Å²) in [6, 6.07) is 12.9. The Bertz CT molecular complexity index is 969. The molecule has 0 saturated heterocycles. The van der Waals surface area contributed by atoms with Crippen LogP contribution in [0.4, 0.5) is 5.82 Å². The van der Waals surface area contributed by atoms with Crippen molar-refractivity contribution in [1.29, 1.82) is 0 Å². The summed E-state index contributed by atoms with van der Waals surface area (Å²) in [5, 5.41) is 4.09. The Kier molecular flexibility index (Phi) is 5.14. The Morgan fingerprint density at radius 1 is 1.04 bits per heavy atom. The minimum atomic E-state index is -3.31. The minimum Gasteiger partial charge on any atom is -0.491 e. The van der Waals surface area contributed by atoms with Crippen LogP contribution in [0.25, 0.3) is 10.9 Å². The standard InChI is InChI=1S/C18H19N3O3S/c1-25(22,23)16-9-4-11-20-18(16)21-12-5-13-24-15-8-2-6-14-7-3-10-19-17(14)15/h2-4,6-11H,5,12-13H2,1H3,(H,20,21). The van der Waals surface area contributed by atoms with Crippen molar-refractivity contribution in [3.05, 3.63) is 54.9 Å². The third-order valence-corrected chi connectivity index (χ3v) is 4.77. The van der Waals surface area contributed by atoms with Gasteiger partial charge in [0.2, 0.25) is 0 Å². The summed E-state index contributed by atoms with van der Waals surface area (Å²) >= 11 is 0. The highest BCUT2D eigenvalue weighted by molar-refractivity contribution is 7.90. The summed E-state index contributed by atoms with van der Waals surface area (Å²) in [4.78, 5) is 8.65. The molecule has 0 aliphatic carbocycles. The van der Waals surface area contributed by atoms with Crippen molar-refractivity contribution in [2.45, 2.75) is 11.3 Å². The van der Waals surface area contributed by atoms with E-state index in [1.54, 1.807) is 24.5 Å². The molecular formula is C18H19N3O3S. The summed E-state index contributed by atoms with van der Waals surface area (Å²) in [5.41, 5.74) is 0.835. The van der Waals surface area contributed by atoms with Crippen molar-refractivity contribution in [1.82, 2.24) is 9.97 Å². The van der Waals surface area contributed by atoms with Crippen LogP contribution >= 0.6 is 0 Å². The van der Waals surface area contributed by atoms with E-state index in [-0.39, 0.29) is 4.90 Å². The number of ether oxygens (including phenoxy) is 1. The Labute approximate surface area is 146 Å². The van der Waals surface area contributed by atoms with Crippen LogP contribution in [0.1, 0.15) is 6.42 Å². The molecule has 0 fully saturated rings. The van der Waals surface area contributed by atoms with Crippen molar-refractivity contribution in [2.75, 3.05) is 24.7 Å². The SMILES string of the molecule is CS(=O)(=O)c1cccnc1NCCCOc1cccc2cccnc12. The van der Waals surface area contributed by atoms with Gasteiger partial charge in [0.15, 0.2) is 9.84 Å². The van der Waals surface area contributed by atoms with Crippen LogP contribution in [-0.4, -0.2) is 37.8 Å². The molecule has 0 aliphatic rings. The molecule has 2 aromatic heterocycles. The first-order valence-electron chi connectivity index (χ1n) is 7.91. The van der Waals surface area contributed by atoms with Gasteiger partial charge in [0.25, 0.3) is 0 Å². The molecule has 3 rings (SSSR count). The average Bonchev–Trinajstić information content (AvgIpc) is 2.61. The number of para-hydroxylation sites is 1. The topological polar surface area (TPSA) is 81.2 Å². The number of anilines is 1. The van der Waals surface area contributed by atoms with Crippen molar-refractivity contribution >= 4 is 26.6 Å². The van der Waals surface area contributed by atoms with Crippen LogP contribution in [0.2, 0.25) is 0 Å². The highest BCUT2D eigenvalue weighted by Gasteiger charge is 2.13. The van der Waals surface area contributed by atoms with E-state index in [4.69, 9.17) is 4.74 Å². The third-order valence-electron chi connectivity index (χ3n) is 3.64. The van der Waals surface area contributed by atoms with Gasteiger partial charge in [0.1, 0.15) is 22.0 Å². The molecular weight excluding hydrogens is 338 g/mol. The second kappa shape index (κ2) is 7.48. The summed E-state index contributed by atoms with van der Waals surface area (Å²) in [6.07, 6.45) is 5.18. The predicted octanol–water partition coefficient (Wildman–Crippen LogP) is 2.91. The lowest BCUT2D eigenvalue weighted by Crippen LogP contribution is -2.11. The van der Waals surface area contributed by atoms with E-state index in [0.717, 1.165) is 16.7 Å². The van der Waals surface area contributed by atoms with Gasteiger partial charge in [0, 0.05) is 30.6 Å². The van der Waals surface area contributed by atoms with E-state index in [2.05, 4.69) is 15.3 Å². The molecule has 0 unspecified atom stereocenters. The zero-order valence-electron chi connectivity index (χ0n) is 13.8. The molecule has 3 aromatic rings. The third kappa shape index (κ3) is 4.24. The molecule has 0 atom stereocenters. The maximum atomic E-state index is 11.7. The molecule has 25 heavy (non-hydrogen) atoms. The fourth-order valence-electron chi connectivity index (χ4n) is 2.48. The maximum absolute atomic E-state index is 11.7. The molecule has 130 valence electrons. The molecule has 0 amide bonds. The fraction of sp³-hybridized carbons (Fsp3) is 0.222. The number of hydrogen-bond donors (Lipinski definition) is 1. The normalized spacial score (nSPS) is 11.4. The van der Waals surface area contributed by atoms with Gasteiger partial charge in [-0.2, -0.15) is 0 Å². The Balaban J connectivity index is 1.56. The Morgan fingerprint density at radius 2 is 1.80 bits per heavy atom.